The first kappa shape index (κ1) is 30.8. The second kappa shape index (κ2) is 11.0. The van der Waals surface area contributed by atoms with Gasteiger partial charge < -0.3 is 31.1 Å². The molecule has 4 atom stereocenters. The summed E-state index contributed by atoms with van der Waals surface area (Å²) in [7, 11) is 6.91. The van der Waals surface area contributed by atoms with Crippen molar-refractivity contribution in [3.8, 4) is 16.9 Å². The SMILES string of the molecule is CN(C)c1cc(-c2ccc(CN3CCCC3)cc2)c(O)c2c1C[C@@H]1C[C@H]3[C@@H](N(C)C)C(O)=C(C(N)=O)C(=O)[C@@]3(O)C(O)=C1C2=O. The summed E-state index contributed by atoms with van der Waals surface area (Å²) in [6.45, 7) is 2.99. The van der Waals surface area contributed by atoms with Crippen LogP contribution in [0.15, 0.2) is 53.0 Å². The summed E-state index contributed by atoms with van der Waals surface area (Å²) >= 11 is 0. The number of fused-ring (bicyclic) bond motifs is 3. The van der Waals surface area contributed by atoms with Crippen molar-refractivity contribution < 1.29 is 34.8 Å². The summed E-state index contributed by atoms with van der Waals surface area (Å²) < 4.78 is 0. The van der Waals surface area contributed by atoms with Crippen LogP contribution in [-0.2, 0) is 22.6 Å². The van der Waals surface area contributed by atoms with Gasteiger partial charge in [-0.1, -0.05) is 24.3 Å². The molecule has 2 aromatic rings. The Balaban J connectivity index is 1.47. The number of hydrogen-bond donors (Lipinski definition) is 5. The molecule has 45 heavy (non-hydrogen) atoms. The lowest BCUT2D eigenvalue weighted by Crippen LogP contribution is -2.63. The topological polar surface area (TPSA) is 168 Å². The molecule has 3 aliphatic carbocycles. The Morgan fingerprint density at radius 1 is 1.04 bits per heavy atom. The molecule has 2 aromatic carbocycles. The molecule has 1 fully saturated rings. The zero-order valence-corrected chi connectivity index (χ0v) is 26.0. The summed E-state index contributed by atoms with van der Waals surface area (Å²) in [6.07, 6.45) is 2.66. The van der Waals surface area contributed by atoms with Gasteiger partial charge in [0.25, 0.3) is 5.91 Å². The zero-order chi connectivity index (χ0) is 32.5. The number of aliphatic hydroxyl groups is 3. The molecule has 1 heterocycles. The normalized spacial score (nSPS) is 26.7. The second-order valence-electron chi connectivity index (χ2n) is 13.2. The van der Waals surface area contributed by atoms with Crippen LogP contribution in [0.25, 0.3) is 11.1 Å². The molecule has 0 saturated carbocycles. The average Bonchev–Trinajstić information content (AvgIpc) is 3.48. The molecule has 1 saturated heterocycles. The van der Waals surface area contributed by atoms with Crippen LogP contribution >= 0.6 is 0 Å². The fourth-order valence-electron chi connectivity index (χ4n) is 7.91. The number of amides is 1. The minimum atomic E-state index is -2.67. The molecule has 0 unspecified atom stereocenters. The fourth-order valence-corrected chi connectivity index (χ4v) is 7.91. The quantitative estimate of drug-likeness (QED) is 0.304. The highest BCUT2D eigenvalue weighted by Gasteiger charge is 2.63. The van der Waals surface area contributed by atoms with Crippen LogP contribution in [0.2, 0.25) is 0 Å². The van der Waals surface area contributed by atoms with Crippen LogP contribution in [-0.4, -0.2) is 101 Å². The van der Waals surface area contributed by atoms with Crippen LogP contribution in [0, 0.1) is 11.8 Å². The number of anilines is 1. The number of phenolic OH excluding ortho intramolecular Hbond substituents is 1. The van der Waals surface area contributed by atoms with Crippen molar-refractivity contribution in [2.75, 3.05) is 46.2 Å². The molecule has 1 amide bonds. The minimum Gasteiger partial charge on any atom is -0.510 e. The maximum Gasteiger partial charge on any atom is 0.255 e. The molecule has 6 rings (SSSR count). The molecule has 0 radical (unpaired) electrons. The summed E-state index contributed by atoms with van der Waals surface area (Å²) in [6, 6.07) is 8.68. The van der Waals surface area contributed by atoms with E-state index in [1.807, 2.05) is 49.3 Å². The summed E-state index contributed by atoms with van der Waals surface area (Å²) in [5.74, 6) is -6.62. The van der Waals surface area contributed by atoms with Gasteiger partial charge in [0, 0.05) is 43.4 Å². The Morgan fingerprint density at radius 2 is 1.69 bits per heavy atom. The number of likely N-dealkylation sites (tertiary alicyclic amines) is 1. The first-order chi connectivity index (χ1) is 21.3. The van der Waals surface area contributed by atoms with E-state index < -0.39 is 58.0 Å². The van der Waals surface area contributed by atoms with E-state index in [4.69, 9.17) is 5.73 Å². The number of rotatable bonds is 6. The number of aromatic hydroxyl groups is 1. The van der Waals surface area contributed by atoms with E-state index in [0.717, 1.165) is 25.2 Å². The summed E-state index contributed by atoms with van der Waals surface area (Å²) in [5.41, 5.74) is 5.36. The number of nitrogens with zero attached hydrogens (tertiary/aromatic N) is 3. The number of aliphatic hydroxyl groups excluding tert-OH is 2. The van der Waals surface area contributed by atoms with Crippen molar-refractivity contribution in [1.82, 2.24) is 9.80 Å². The standard InChI is InChI=1S/C34H40N4O7/c1-36(2)23-15-20(18-9-7-17(8-10-18)16-38-11-5-6-12-38)28(39)25-21(23)13-19-14-22-27(37(3)4)30(41)26(33(35)44)32(43)34(22,45)31(42)24(19)29(25)40/h7-10,15,19,22,27,39,41-42,45H,5-6,11-14,16H2,1-4H3,(H2,35,44)/t19-,22+,27-,34+/m1/s1. The van der Waals surface area contributed by atoms with Gasteiger partial charge in [0.15, 0.2) is 11.4 Å². The molecule has 0 aromatic heterocycles. The number of phenols is 1. The third kappa shape index (κ3) is 4.63. The van der Waals surface area contributed by atoms with Crippen LogP contribution < -0.4 is 10.6 Å². The van der Waals surface area contributed by atoms with Crippen molar-refractivity contribution in [2.24, 2.45) is 17.6 Å². The zero-order valence-electron chi connectivity index (χ0n) is 26.0. The van der Waals surface area contributed by atoms with Crippen molar-refractivity contribution in [3.63, 3.8) is 0 Å². The first-order valence-corrected chi connectivity index (χ1v) is 15.3. The number of carbonyl (C=O) groups is 3. The van der Waals surface area contributed by atoms with E-state index in [9.17, 15) is 34.8 Å². The van der Waals surface area contributed by atoms with Crippen molar-refractivity contribution in [2.45, 2.75) is 43.9 Å². The number of likely N-dealkylation sites (N-methyl/N-ethyl adjacent to an activating group) is 1. The van der Waals surface area contributed by atoms with E-state index >= 15 is 0 Å². The van der Waals surface area contributed by atoms with Crippen molar-refractivity contribution in [1.29, 1.82) is 0 Å². The molecular weight excluding hydrogens is 576 g/mol. The number of carbonyl (C=O) groups excluding carboxylic acids is 3. The minimum absolute atomic E-state index is 0.00174. The Kier molecular flexibility index (Phi) is 7.54. The molecule has 4 aliphatic rings. The van der Waals surface area contributed by atoms with Crippen LogP contribution in [0.1, 0.15) is 40.7 Å². The van der Waals surface area contributed by atoms with Gasteiger partial charge in [0.05, 0.1) is 11.6 Å². The lowest BCUT2D eigenvalue weighted by molar-refractivity contribution is -0.148. The summed E-state index contributed by atoms with van der Waals surface area (Å²) in [4.78, 5) is 45.9. The van der Waals surface area contributed by atoms with Gasteiger partial charge >= 0.3 is 0 Å². The number of allylic oxidation sites excluding steroid dienone is 1. The van der Waals surface area contributed by atoms with E-state index in [-0.39, 0.29) is 29.7 Å². The van der Waals surface area contributed by atoms with E-state index in [1.165, 1.54) is 17.7 Å². The van der Waals surface area contributed by atoms with Gasteiger partial charge in [-0.25, -0.2) is 0 Å². The summed E-state index contributed by atoms with van der Waals surface area (Å²) in [5, 5.41) is 46.2. The number of primary amides is 1. The molecular formula is C34H40N4O7. The molecule has 11 nitrogen and oxygen atoms in total. The highest BCUT2D eigenvalue weighted by molar-refractivity contribution is 6.25. The van der Waals surface area contributed by atoms with Crippen molar-refractivity contribution >= 4 is 23.2 Å². The Bertz CT molecular complexity index is 1670. The maximum atomic E-state index is 14.3. The number of ketones is 2. The second-order valence-corrected chi connectivity index (χ2v) is 13.2. The molecule has 0 spiro atoms. The molecule has 1 aliphatic heterocycles. The van der Waals surface area contributed by atoms with E-state index in [1.54, 1.807) is 14.1 Å². The Labute approximate surface area is 261 Å². The van der Waals surface area contributed by atoms with Gasteiger partial charge in [-0.2, -0.15) is 0 Å². The van der Waals surface area contributed by atoms with Crippen molar-refractivity contribution in [3.05, 3.63) is 69.7 Å². The molecule has 238 valence electrons. The van der Waals surface area contributed by atoms with E-state index in [2.05, 4.69) is 4.90 Å². The number of hydrogen-bond acceptors (Lipinski definition) is 10. The maximum absolute atomic E-state index is 14.3. The number of benzene rings is 2. The van der Waals surface area contributed by atoms with Gasteiger partial charge in [-0.05, 0) is 81.5 Å². The highest BCUT2D eigenvalue weighted by Crippen LogP contribution is 2.54. The molecule has 6 N–H and O–H groups in total. The third-order valence-corrected chi connectivity index (χ3v) is 10.1. The predicted octanol–water partition coefficient (Wildman–Crippen LogP) is 2.45. The van der Waals surface area contributed by atoms with Crippen LogP contribution in [0.3, 0.4) is 0 Å². The van der Waals surface area contributed by atoms with Gasteiger partial charge in [0.2, 0.25) is 5.78 Å². The van der Waals surface area contributed by atoms with Crippen LogP contribution in [0.5, 0.6) is 5.75 Å². The Hall–Kier alpha value is -4.19. The average molecular weight is 617 g/mol. The third-order valence-electron chi connectivity index (χ3n) is 10.1. The number of nitrogens with two attached hydrogens (primary N) is 1. The van der Waals surface area contributed by atoms with E-state index in [0.29, 0.717) is 22.4 Å². The first-order valence-electron chi connectivity index (χ1n) is 15.3. The largest absolute Gasteiger partial charge is 0.510 e. The predicted molar refractivity (Wildman–Crippen MR) is 168 cm³/mol. The van der Waals surface area contributed by atoms with Gasteiger partial charge in [-0.15, -0.1) is 0 Å². The number of Topliss-reactive ketones (excluding diaryl/α,β-unsaturated/α-hetero) is 2. The highest BCUT2D eigenvalue weighted by atomic mass is 16.3. The van der Waals surface area contributed by atoms with Gasteiger partial charge in [-0.3, -0.25) is 24.2 Å². The van der Waals surface area contributed by atoms with Gasteiger partial charge in [0.1, 0.15) is 22.8 Å². The molecule has 11 heteroatoms. The molecule has 0 bridgehead atoms. The smallest absolute Gasteiger partial charge is 0.255 e. The monoisotopic (exact) mass is 616 g/mol. The lowest BCUT2D eigenvalue weighted by atomic mass is 9.58. The van der Waals surface area contributed by atoms with Crippen LogP contribution in [0.4, 0.5) is 5.69 Å². The fraction of sp³-hybridized carbons (Fsp3) is 0.441. The Morgan fingerprint density at radius 3 is 2.27 bits per heavy atom. The lowest BCUT2D eigenvalue weighted by Gasteiger charge is -2.50.